The summed E-state index contributed by atoms with van der Waals surface area (Å²) in [7, 11) is 1.57. The Bertz CT molecular complexity index is 817. The quantitative estimate of drug-likeness (QED) is 0.682. The predicted molar refractivity (Wildman–Crippen MR) is 91.2 cm³/mol. The van der Waals surface area contributed by atoms with Crippen molar-refractivity contribution in [2.75, 3.05) is 13.6 Å². The number of nitro benzene ring substituents is 1. The molecule has 3 rings (SSSR count). The number of likely N-dealkylation sites (N-methyl/N-ethyl adjacent to an activating group) is 1. The van der Waals surface area contributed by atoms with Crippen LogP contribution in [0.3, 0.4) is 0 Å². The van der Waals surface area contributed by atoms with Crippen LogP contribution >= 0.6 is 11.3 Å². The summed E-state index contributed by atoms with van der Waals surface area (Å²) in [6.07, 6.45) is 2.44. The standard InChI is InChI=1S/C16H17N3O4S/c1-17-15(20)12-4-2-3-7-18(12)16(21)14-9-10-8-11(19(22)23)5-6-13(10)24-14/h5-6,8-9,12H,2-4,7H2,1H3,(H,17,20). The van der Waals surface area contributed by atoms with Crippen molar-refractivity contribution >= 4 is 38.9 Å². The van der Waals surface area contributed by atoms with E-state index in [-0.39, 0.29) is 17.5 Å². The number of nitro groups is 1. The van der Waals surface area contributed by atoms with E-state index in [9.17, 15) is 19.7 Å². The van der Waals surface area contributed by atoms with E-state index in [1.54, 1.807) is 24.1 Å². The van der Waals surface area contributed by atoms with Crippen molar-refractivity contribution in [3.63, 3.8) is 0 Å². The van der Waals surface area contributed by atoms with Crippen molar-refractivity contribution < 1.29 is 14.5 Å². The molecule has 0 aliphatic carbocycles. The first-order valence-corrected chi connectivity index (χ1v) is 8.53. The Kier molecular flexibility index (Phi) is 4.48. The van der Waals surface area contributed by atoms with Gasteiger partial charge >= 0.3 is 0 Å². The van der Waals surface area contributed by atoms with Crippen LogP contribution in [0.15, 0.2) is 24.3 Å². The van der Waals surface area contributed by atoms with E-state index >= 15 is 0 Å². The Labute approximate surface area is 142 Å². The van der Waals surface area contributed by atoms with Crippen LogP contribution < -0.4 is 5.32 Å². The number of amides is 2. The molecule has 1 aliphatic heterocycles. The summed E-state index contributed by atoms with van der Waals surface area (Å²) in [5.74, 6) is -0.341. The molecule has 2 heterocycles. The van der Waals surface area contributed by atoms with Crippen LogP contribution in [0.2, 0.25) is 0 Å². The number of thiophene rings is 1. The second-order valence-electron chi connectivity index (χ2n) is 5.71. The van der Waals surface area contributed by atoms with Crippen molar-refractivity contribution in [3.8, 4) is 0 Å². The van der Waals surface area contributed by atoms with Gasteiger partial charge in [0.15, 0.2) is 0 Å². The zero-order chi connectivity index (χ0) is 17.3. The molecule has 1 atom stereocenters. The van der Waals surface area contributed by atoms with Gasteiger partial charge in [-0.25, -0.2) is 0 Å². The van der Waals surface area contributed by atoms with E-state index in [0.29, 0.717) is 23.2 Å². The van der Waals surface area contributed by atoms with Gasteiger partial charge in [-0.3, -0.25) is 19.7 Å². The number of likely N-dealkylation sites (tertiary alicyclic amines) is 1. The van der Waals surface area contributed by atoms with Crippen molar-refractivity contribution in [1.82, 2.24) is 10.2 Å². The van der Waals surface area contributed by atoms with Crippen molar-refractivity contribution in [2.45, 2.75) is 25.3 Å². The van der Waals surface area contributed by atoms with E-state index < -0.39 is 11.0 Å². The van der Waals surface area contributed by atoms with E-state index in [1.165, 1.54) is 23.5 Å². The largest absolute Gasteiger partial charge is 0.357 e. The molecule has 0 spiro atoms. The Morgan fingerprint density at radius 3 is 2.83 bits per heavy atom. The van der Waals surface area contributed by atoms with Crippen LogP contribution in [0.5, 0.6) is 0 Å². The summed E-state index contributed by atoms with van der Waals surface area (Å²) in [6.45, 7) is 0.547. The fourth-order valence-corrected chi connectivity index (χ4v) is 4.00. The summed E-state index contributed by atoms with van der Waals surface area (Å²) in [5, 5.41) is 14.2. The Morgan fingerprint density at radius 2 is 2.12 bits per heavy atom. The van der Waals surface area contributed by atoms with Gasteiger partial charge < -0.3 is 10.2 Å². The van der Waals surface area contributed by atoms with Crippen LogP contribution in [0.4, 0.5) is 5.69 Å². The monoisotopic (exact) mass is 347 g/mol. The molecule has 1 aromatic carbocycles. The minimum Gasteiger partial charge on any atom is -0.357 e. The van der Waals surface area contributed by atoms with E-state index in [4.69, 9.17) is 0 Å². The zero-order valence-electron chi connectivity index (χ0n) is 13.2. The molecule has 2 amide bonds. The maximum atomic E-state index is 12.8. The zero-order valence-corrected chi connectivity index (χ0v) is 14.0. The van der Waals surface area contributed by atoms with Gasteiger partial charge in [-0.05, 0) is 31.4 Å². The average Bonchev–Trinajstić information content (AvgIpc) is 3.03. The number of hydrogen-bond acceptors (Lipinski definition) is 5. The molecular formula is C16H17N3O4S. The van der Waals surface area contributed by atoms with Gasteiger partial charge in [0.05, 0.1) is 9.80 Å². The summed E-state index contributed by atoms with van der Waals surface area (Å²) in [6, 6.07) is 5.78. The Balaban J connectivity index is 1.92. The third-order valence-electron chi connectivity index (χ3n) is 4.23. The van der Waals surface area contributed by atoms with Gasteiger partial charge in [0.1, 0.15) is 6.04 Å². The molecule has 7 nitrogen and oxygen atoms in total. The molecular weight excluding hydrogens is 330 g/mol. The summed E-state index contributed by atoms with van der Waals surface area (Å²) < 4.78 is 0.817. The SMILES string of the molecule is CNC(=O)C1CCCCN1C(=O)c1cc2cc([N+](=O)[O-])ccc2s1. The molecule has 1 unspecified atom stereocenters. The van der Waals surface area contributed by atoms with Crippen LogP contribution in [-0.4, -0.2) is 41.3 Å². The second-order valence-corrected chi connectivity index (χ2v) is 6.80. The second kappa shape index (κ2) is 6.56. The van der Waals surface area contributed by atoms with Gasteiger partial charge in [-0.2, -0.15) is 0 Å². The van der Waals surface area contributed by atoms with Crippen molar-refractivity contribution in [1.29, 1.82) is 0 Å². The molecule has 1 aromatic heterocycles. The highest BCUT2D eigenvalue weighted by Crippen LogP contribution is 2.31. The smallest absolute Gasteiger partial charge is 0.270 e. The van der Waals surface area contributed by atoms with Crippen LogP contribution in [-0.2, 0) is 4.79 Å². The minimum atomic E-state index is -0.454. The molecule has 126 valence electrons. The summed E-state index contributed by atoms with van der Waals surface area (Å²) >= 11 is 1.30. The number of non-ortho nitro benzene ring substituents is 1. The lowest BCUT2D eigenvalue weighted by molar-refractivity contribution is -0.384. The first-order valence-electron chi connectivity index (χ1n) is 7.72. The molecule has 1 fully saturated rings. The van der Waals surface area contributed by atoms with Crippen LogP contribution in [0.1, 0.15) is 28.9 Å². The van der Waals surface area contributed by atoms with Gasteiger partial charge in [0.25, 0.3) is 11.6 Å². The molecule has 0 saturated carbocycles. The molecule has 24 heavy (non-hydrogen) atoms. The molecule has 8 heteroatoms. The number of nitrogens with one attached hydrogen (secondary N) is 1. The number of carbonyl (C=O) groups is 2. The lowest BCUT2D eigenvalue weighted by Gasteiger charge is -2.34. The maximum absolute atomic E-state index is 12.8. The third-order valence-corrected chi connectivity index (χ3v) is 5.34. The van der Waals surface area contributed by atoms with E-state index in [1.807, 2.05) is 0 Å². The number of piperidine rings is 1. The molecule has 1 N–H and O–H groups in total. The molecule has 0 radical (unpaired) electrons. The lowest BCUT2D eigenvalue weighted by atomic mass is 10.0. The first kappa shape index (κ1) is 16.4. The average molecular weight is 347 g/mol. The number of hydrogen-bond donors (Lipinski definition) is 1. The summed E-state index contributed by atoms with van der Waals surface area (Å²) in [4.78, 5) is 37.4. The van der Waals surface area contributed by atoms with Crippen molar-refractivity contribution in [2.24, 2.45) is 0 Å². The van der Waals surface area contributed by atoms with Gasteiger partial charge in [0, 0.05) is 35.8 Å². The number of benzene rings is 1. The topological polar surface area (TPSA) is 92.6 Å². The molecule has 1 saturated heterocycles. The van der Waals surface area contributed by atoms with Gasteiger partial charge in [-0.15, -0.1) is 11.3 Å². The minimum absolute atomic E-state index is 0.000471. The van der Waals surface area contributed by atoms with Gasteiger partial charge in [-0.1, -0.05) is 0 Å². The molecule has 2 aromatic rings. The maximum Gasteiger partial charge on any atom is 0.270 e. The normalized spacial score (nSPS) is 17.7. The number of carbonyl (C=O) groups excluding carboxylic acids is 2. The Morgan fingerprint density at radius 1 is 1.33 bits per heavy atom. The molecule has 1 aliphatic rings. The van der Waals surface area contributed by atoms with Gasteiger partial charge in [0.2, 0.25) is 5.91 Å². The van der Waals surface area contributed by atoms with E-state index in [0.717, 1.165) is 17.5 Å². The fourth-order valence-electron chi connectivity index (χ4n) is 3.01. The Hall–Kier alpha value is -2.48. The lowest BCUT2D eigenvalue weighted by Crippen LogP contribution is -2.51. The first-order chi connectivity index (χ1) is 11.5. The number of fused-ring (bicyclic) bond motifs is 1. The third kappa shape index (κ3) is 2.96. The number of nitrogens with zero attached hydrogens (tertiary/aromatic N) is 2. The highest BCUT2D eigenvalue weighted by atomic mass is 32.1. The highest BCUT2D eigenvalue weighted by Gasteiger charge is 2.32. The predicted octanol–water partition coefficient (Wildman–Crippen LogP) is 2.55. The summed E-state index contributed by atoms with van der Waals surface area (Å²) in [5.41, 5.74) is 0.000471. The van der Waals surface area contributed by atoms with E-state index in [2.05, 4.69) is 5.32 Å². The van der Waals surface area contributed by atoms with Crippen molar-refractivity contribution in [3.05, 3.63) is 39.3 Å². The van der Waals surface area contributed by atoms with Crippen LogP contribution in [0, 0.1) is 10.1 Å². The number of rotatable bonds is 3. The molecule has 0 bridgehead atoms. The fraction of sp³-hybridized carbons (Fsp3) is 0.375. The van der Waals surface area contributed by atoms with Crippen LogP contribution in [0.25, 0.3) is 10.1 Å². The highest BCUT2D eigenvalue weighted by molar-refractivity contribution is 7.20.